The molecule has 1 N–H and O–H groups in total. The van der Waals surface area contributed by atoms with Crippen LogP contribution in [0.25, 0.3) is 33.3 Å². The molecule has 114 valence electrons. The normalized spacial score (nSPS) is 11.2. The smallest absolute Gasteiger partial charge is 0.259 e. The van der Waals surface area contributed by atoms with Crippen LogP contribution < -0.4 is 10.3 Å². The fourth-order valence-corrected chi connectivity index (χ4v) is 2.86. The number of hydrogen-bond acceptors (Lipinski definition) is 3. The van der Waals surface area contributed by atoms with E-state index in [-0.39, 0.29) is 5.56 Å². The summed E-state index contributed by atoms with van der Waals surface area (Å²) in [6.45, 7) is 0. The lowest BCUT2D eigenvalue weighted by molar-refractivity contribution is 0.415. The van der Waals surface area contributed by atoms with Crippen molar-refractivity contribution in [3.8, 4) is 17.1 Å². The first kappa shape index (κ1) is 13.6. The van der Waals surface area contributed by atoms with E-state index in [0.29, 0.717) is 17.1 Å². The number of fused-ring (bicyclic) bond motifs is 2. The number of nitrogens with one attached hydrogen (secondary N) is 1. The summed E-state index contributed by atoms with van der Waals surface area (Å²) in [6, 6.07) is 15.3. The highest BCUT2D eigenvalue weighted by molar-refractivity contribution is 5.86. The van der Waals surface area contributed by atoms with Crippen LogP contribution in [-0.2, 0) is 7.05 Å². The largest absolute Gasteiger partial charge is 0.497 e. The van der Waals surface area contributed by atoms with E-state index in [1.54, 1.807) is 7.11 Å². The van der Waals surface area contributed by atoms with Gasteiger partial charge in [0, 0.05) is 13.1 Å². The molecule has 2 aromatic heterocycles. The molecule has 23 heavy (non-hydrogen) atoms. The molecule has 2 aromatic carbocycles. The molecule has 5 nitrogen and oxygen atoms in total. The van der Waals surface area contributed by atoms with Crippen molar-refractivity contribution in [2.75, 3.05) is 7.11 Å². The summed E-state index contributed by atoms with van der Waals surface area (Å²) in [5.41, 5.74) is 3.01. The molecule has 0 fully saturated rings. The van der Waals surface area contributed by atoms with E-state index in [1.807, 2.05) is 60.1 Å². The van der Waals surface area contributed by atoms with Crippen LogP contribution in [0, 0.1) is 0 Å². The summed E-state index contributed by atoms with van der Waals surface area (Å²) in [7, 11) is 3.52. The molecule has 0 aliphatic heterocycles. The van der Waals surface area contributed by atoms with Gasteiger partial charge in [-0.25, -0.2) is 4.98 Å². The third-order valence-electron chi connectivity index (χ3n) is 4.08. The molecule has 0 saturated carbocycles. The summed E-state index contributed by atoms with van der Waals surface area (Å²) in [6.07, 6.45) is 0. The zero-order valence-electron chi connectivity index (χ0n) is 12.8. The van der Waals surface area contributed by atoms with Crippen molar-refractivity contribution in [3.63, 3.8) is 0 Å². The predicted molar refractivity (Wildman–Crippen MR) is 90.8 cm³/mol. The zero-order chi connectivity index (χ0) is 16.0. The Hall–Kier alpha value is -3.08. The minimum absolute atomic E-state index is 0.163. The highest BCUT2D eigenvalue weighted by Gasteiger charge is 2.13. The van der Waals surface area contributed by atoms with Crippen molar-refractivity contribution < 1.29 is 4.74 Å². The minimum atomic E-state index is -0.163. The monoisotopic (exact) mass is 305 g/mol. The summed E-state index contributed by atoms with van der Waals surface area (Å²) in [5, 5.41) is 0.937. The number of H-pyrrole nitrogens is 1. The lowest BCUT2D eigenvalue weighted by atomic mass is 10.1. The zero-order valence-corrected chi connectivity index (χ0v) is 12.8. The van der Waals surface area contributed by atoms with Gasteiger partial charge in [0.25, 0.3) is 5.56 Å². The topological polar surface area (TPSA) is 59.9 Å². The Kier molecular flexibility index (Phi) is 2.94. The number of rotatable bonds is 2. The van der Waals surface area contributed by atoms with Crippen molar-refractivity contribution in [3.05, 3.63) is 58.9 Å². The SMILES string of the molecule is COc1ccc2cc(-c3nc4ccccc4n3C)c(=O)[nH]c2c1. The number of nitrogens with zero attached hydrogens (tertiary/aromatic N) is 2. The van der Waals surface area contributed by atoms with E-state index in [9.17, 15) is 4.79 Å². The number of aromatic nitrogens is 3. The second-order valence-electron chi connectivity index (χ2n) is 5.45. The molecule has 0 atom stereocenters. The molecule has 5 heteroatoms. The van der Waals surface area contributed by atoms with Gasteiger partial charge in [-0.1, -0.05) is 12.1 Å². The van der Waals surface area contributed by atoms with Gasteiger partial charge in [0.1, 0.15) is 11.6 Å². The van der Waals surface area contributed by atoms with Crippen LogP contribution in [0.1, 0.15) is 0 Å². The lowest BCUT2D eigenvalue weighted by Gasteiger charge is -2.06. The number of ether oxygens (including phenoxy) is 1. The van der Waals surface area contributed by atoms with Crippen molar-refractivity contribution >= 4 is 21.9 Å². The summed E-state index contributed by atoms with van der Waals surface area (Å²) in [5.74, 6) is 1.37. The van der Waals surface area contributed by atoms with Crippen LogP contribution in [0.15, 0.2) is 53.3 Å². The first-order valence-electron chi connectivity index (χ1n) is 7.30. The van der Waals surface area contributed by atoms with Crippen LogP contribution in [0.3, 0.4) is 0 Å². The van der Waals surface area contributed by atoms with Crippen molar-refractivity contribution in [1.82, 2.24) is 14.5 Å². The Morgan fingerprint density at radius 1 is 1.13 bits per heavy atom. The number of methoxy groups -OCH3 is 1. The molecule has 0 aliphatic rings. The van der Waals surface area contributed by atoms with Gasteiger partial charge >= 0.3 is 0 Å². The number of aryl methyl sites for hydroxylation is 1. The second-order valence-corrected chi connectivity index (χ2v) is 5.45. The lowest BCUT2D eigenvalue weighted by Crippen LogP contribution is -2.11. The van der Waals surface area contributed by atoms with E-state index in [1.165, 1.54) is 0 Å². The van der Waals surface area contributed by atoms with Gasteiger partial charge in [-0.05, 0) is 35.7 Å². The van der Waals surface area contributed by atoms with Crippen LogP contribution in [0.4, 0.5) is 0 Å². The standard InChI is InChI=1S/C18H15N3O2/c1-21-16-6-4-3-5-14(16)19-17(21)13-9-11-7-8-12(23-2)10-15(11)20-18(13)22/h3-10H,1-2H3,(H,20,22). The summed E-state index contributed by atoms with van der Waals surface area (Å²) in [4.78, 5) is 20.0. The molecule has 0 radical (unpaired) electrons. The number of aromatic amines is 1. The average Bonchev–Trinajstić information content (AvgIpc) is 2.91. The third kappa shape index (κ3) is 2.09. The van der Waals surface area contributed by atoms with Gasteiger partial charge in [-0.15, -0.1) is 0 Å². The molecule has 0 aliphatic carbocycles. The second kappa shape index (κ2) is 4.98. The molecule has 4 aromatic rings. The molecule has 4 rings (SSSR count). The van der Waals surface area contributed by atoms with E-state index >= 15 is 0 Å². The maximum Gasteiger partial charge on any atom is 0.259 e. The average molecular weight is 305 g/mol. The Balaban J connectivity index is 1.99. The molecule has 0 unspecified atom stereocenters. The first-order chi connectivity index (χ1) is 11.2. The Bertz CT molecular complexity index is 1090. The minimum Gasteiger partial charge on any atom is -0.497 e. The number of pyridine rings is 1. The molecule has 2 heterocycles. The van der Waals surface area contributed by atoms with E-state index in [4.69, 9.17) is 4.74 Å². The third-order valence-corrected chi connectivity index (χ3v) is 4.08. The molecule has 0 saturated heterocycles. The highest BCUT2D eigenvalue weighted by Crippen LogP contribution is 2.24. The molecule has 0 bridgehead atoms. The van der Waals surface area contributed by atoms with E-state index in [2.05, 4.69) is 9.97 Å². The number of benzene rings is 2. The number of hydrogen-bond donors (Lipinski definition) is 1. The fourth-order valence-electron chi connectivity index (χ4n) is 2.86. The number of imidazole rings is 1. The van der Waals surface area contributed by atoms with Crippen LogP contribution in [-0.4, -0.2) is 21.6 Å². The van der Waals surface area contributed by atoms with Gasteiger partial charge in [-0.2, -0.15) is 0 Å². The predicted octanol–water partition coefficient (Wildman–Crippen LogP) is 3.09. The van der Waals surface area contributed by atoms with Gasteiger partial charge in [-0.3, -0.25) is 4.79 Å². The van der Waals surface area contributed by atoms with Gasteiger partial charge in [0.2, 0.25) is 0 Å². The maximum atomic E-state index is 12.5. The molecular formula is C18H15N3O2. The number of para-hydroxylation sites is 2. The molecule has 0 amide bonds. The van der Waals surface area contributed by atoms with Gasteiger partial charge in [0.05, 0.1) is 29.2 Å². The van der Waals surface area contributed by atoms with Gasteiger partial charge in [0.15, 0.2) is 0 Å². The van der Waals surface area contributed by atoms with Crippen molar-refractivity contribution in [1.29, 1.82) is 0 Å². The Morgan fingerprint density at radius 3 is 2.74 bits per heavy atom. The van der Waals surface area contributed by atoms with Gasteiger partial charge < -0.3 is 14.3 Å². The van der Waals surface area contributed by atoms with Crippen LogP contribution in [0.5, 0.6) is 5.75 Å². The molecule has 0 spiro atoms. The summed E-state index contributed by atoms with van der Waals surface area (Å²) < 4.78 is 7.14. The Labute approximate surface area is 132 Å². The van der Waals surface area contributed by atoms with E-state index < -0.39 is 0 Å². The fraction of sp³-hybridized carbons (Fsp3) is 0.111. The quantitative estimate of drug-likeness (QED) is 0.619. The van der Waals surface area contributed by atoms with Crippen LogP contribution in [0.2, 0.25) is 0 Å². The van der Waals surface area contributed by atoms with Crippen molar-refractivity contribution in [2.45, 2.75) is 0 Å². The molecular weight excluding hydrogens is 290 g/mol. The van der Waals surface area contributed by atoms with Crippen molar-refractivity contribution in [2.24, 2.45) is 7.05 Å². The highest BCUT2D eigenvalue weighted by atomic mass is 16.5. The van der Waals surface area contributed by atoms with E-state index in [0.717, 1.165) is 21.9 Å². The summed E-state index contributed by atoms with van der Waals surface area (Å²) >= 11 is 0. The van der Waals surface area contributed by atoms with Crippen LogP contribution >= 0.6 is 0 Å². The Morgan fingerprint density at radius 2 is 1.96 bits per heavy atom. The first-order valence-corrected chi connectivity index (χ1v) is 7.30. The maximum absolute atomic E-state index is 12.5.